The fourth-order valence-electron chi connectivity index (χ4n) is 1.59. The summed E-state index contributed by atoms with van der Waals surface area (Å²) >= 11 is 0. The second kappa shape index (κ2) is 7.51. The molecule has 0 spiro atoms. The van der Waals surface area contributed by atoms with Gasteiger partial charge in [0.2, 0.25) is 0 Å². The molecule has 1 aromatic rings. The van der Waals surface area contributed by atoms with Gasteiger partial charge in [-0.25, -0.2) is 9.59 Å². The van der Waals surface area contributed by atoms with Crippen LogP contribution in [0.25, 0.3) is 0 Å². The van der Waals surface area contributed by atoms with Crippen molar-refractivity contribution < 1.29 is 19.1 Å². The highest BCUT2D eigenvalue weighted by molar-refractivity contribution is 5.92. The van der Waals surface area contributed by atoms with Crippen LogP contribution in [-0.2, 0) is 9.47 Å². The molecule has 1 N–H and O–H groups in total. The third-order valence-corrected chi connectivity index (χ3v) is 2.49. The largest absolute Gasteiger partial charge is 0.465 e. The molecule has 0 radical (unpaired) electrons. The Balaban J connectivity index is 2.78. The van der Waals surface area contributed by atoms with Crippen LogP contribution in [0.1, 0.15) is 43.6 Å². The molecule has 0 heterocycles. The second-order valence-corrected chi connectivity index (χ2v) is 5.67. The van der Waals surface area contributed by atoms with Crippen LogP contribution in [0.5, 0.6) is 0 Å². The van der Waals surface area contributed by atoms with Gasteiger partial charge >= 0.3 is 12.1 Å². The number of carbonyl (C=O) groups excluding carboxylic acids is 2. The number of alkyl carbamates (subject to hydrolysis) is 1. The Morgan fingerprint density at radius 1 is 1.23 bits per heavy atom. The lowest BCUT2D eigenvalue weighted by molar-refractivity contribution is 0.0518. The SMILES string of the molecule is COC(=O)c1ccccc1C#CC(C)NC(=O)OC(C)(C)C. The zero-order chi connectivity index (χ0) is 16.8. The number of nitrogens with one attached hydrogen (secondary N) is 1. The summed E-state index contributed by atoms with van der Waals surface area (Å²) < 4.78 is 9.85. The van der Waals surface area contributed by atoms with Crippen LogP contribution in [0.4, 0.5) is 4.79 Å². The number of benzene rings is 1. The first-order chi connectivity index (χ1) is 10.2. The maximum Gasteiger partial charge on any atom is 0.408 e. The van der Waals surface area contributed by atoms with Gasteiger partial charge in [0.05, 0.1) is 18.7 Å². The Kier molecular flexibility index (Phi) is 6.00. The van der Waals surface area contributed by atoms with E-state index in [1.54, 1.807) is 52.0 Å². The number of hydrogen-bond donors (Lipinski definition) is 1. The van der Waals surface area contributed by atoms with Crippen molar-refractivity contribution >= 4 is 12.1 Å². The Bertz CT molecular complexity index is 605. The Hall–Kier alpha value is -2.48. The minimum absolute atomic E-state index is 0.391. The van der Waals surface area contributed by atoms with E-state index >= 15 is 0 Å². The van der Waals surface area contributed by atoms with Gasteiger partial charge in [-0.15, -0.1) is 0 Å². The summed E-state index contributed by atoms with van der Waals surface area (Å²) in [5.74, 6) is 5.29. The lowest BCUT2D eigenvalue weighted by atomic mass is 10.1. The molecule has 0 saturated carbocycles. The monoisotopic (exact) mass is 303 g/mol. The summed E-state index contributed by atoms with van der Waals surface area (Å²) in [7, 11) is 1.32. The Labute approximate surface area is 131 Å². The molecule has 0 aliphatic rings. The second-order valence-electron chi connectivity index (χ2n) is 5.67. The predicted molar refractivity (Wildman–Crippen MR) is 83.5 cm³/mol. The van der Waals surface area contributed by atoms with Crippen molar-refractivity contribution in [1.82, 2.24) is 5.32 Å². The highest BCUT2D eigenvalue weighted by Gasteiger charge is 2.17. The van der Waals surface area contributed by atoms with Crippen molar-refractivity contribution in [3.8, 4) is 11.8 Å². The lowest BCUT2D eigenvalue weighted by Gasteiger charge is -2.20. The highest BCUT2D eigenvalue weighted by atomic mass is 16.6. The summed E-state index contributed by atoms with van der Waals surface area (Å²) in [6.07, 6.45) is -0.532. The van der Waals surface area contributed by atoms with Crippen molar-refractivity contribution in [2.75, 3.05) is 7.11 Å². The van der Waals surface area contributed by atoms with Crippen molar-refractivity contribution in [2.45, 2.75) is 39.3 Å². The van der Waals surface area contributed by atoms with Gasteiger partial charge in [-0.1, -0.05) is 24.0 Å². The van der Waals surface area contributed by atoms with E-state index in [-0.39, 0.29) is 0 Å². The molecule has 5 heteroatoms. The molecule has 118 valence electrons. The van der Waals surface area contributed by atoms with Gasteiger partial charge in [0.25, 0.3) is 0 Å². The van der Waals surface area contributed by atoms with E-state index in [1.807, 2.05) is 0 Å². The van der Waals surface area contributed by atoms with E-state index in [0.717, 1.165) is 0 Å². The number of ether oxygens (including phenoxy) is 2. The van der Waals surface area contributed by atoms with Crippen molar-refractivity contribution in [3.05, 3.63) is 35.4 Å². The lowest BCUT2D eigenvalue weighted by Crippen LogP contribution is -2.37. The van der Waals surface area contributed by atoms with Crippen LogP contribution < -0.4 is 5.32 Å². The van der Waals surface area contributed by atoms with E-state index in [2.05, 4.69) is 17.2 Å². The maximum atomic E-state index is 11.6. The first kappa shape index (κ1) is 17.6. The highest BCUT2D eigenvalue weighted by Crippen LogP contribution is 2.09. The van der Waals surface area contributed by atoms with E-state index < -0.39 is 23.7 Å². The number of esters is 1. The van der Waals surface area contributed by atoms with E-state index in [0.29, 0.717) is 11.1 Å². The molecule has 1 amide bonds. The van der Waals surface area contributed by atoms with Gasteiger partial charge < -0.3 is 14.8 Å². The standard InChI is InChI=1S/C17H21NO4/c1-12(18-16(20)22-17(2,3)4)10-11-13-8-6-7-9-14(13)15(19)21-5/h6-9,12H,1-5H3,(H,18,20). The van der Waals surface area contributed by atoms with Crippen LogP contribution in [0, 0.1) is 11.8 Å². The Morgan fingerprint density at radius 2 is 1.86 bits per heavy atom. The number of hydrogen-bond acceptors (Lipinski definition) is 4. The molecule has 5 nitrogen and oxygen atoms in total. The number of carbonyl (C=O) groups is 2. The molecular formula is C17H21NO4. The molecule has 0 aliphatic carbocycles. The van der Waals surface area contributed by atoms with E-state index in [1.165, 1.54) is 7.11 Å². The smallest absolute Gasteiger partial charge is 0.408 e. The quantitative estimate of drug-likeness (QED) is 0.674. The fourth-order valence-corrected chi connectivity index (χ4v) is 1.59. The number of amides is 1. The van der Waals surface area contributed by atoms with Gasteiger partial charge in [0, 0.05) is 5.56 Å². The van der Waals surface area contributed by atoms with Crippen LogP contribution in [-0.4, -0.2) is 30.8 Å². The minimum atomic E-state index is -0.561. The zero-order valence-electron chi connectivity index (χ0n) is 13.5. The average Bonchev–Trinajstić information content (AvgIpc) is 2.42. The predicted octanol–water partition coefficient (Wildman–Crippen LogP) is 2.74. The normalized spacial score (nSPS) is 11.7. The zero-order valence-corrected chi connectivity index (χ0v) is 13.5. The molecule has 1 aromatic carbocycles. The molecule has 1 rings (SSSR count). The first-order valence-corrected chi connectivity index (χ1v) is 6.91. The summed E-state index contributed by atoms with van der Waals surface area (Å²) in [6, 6.07) is 6.46. The molecule has 0 bridgehead atoms. The summed E-state index contributed by atoms with van der Waals surface area (Å²) in [4.78, 5) is 23.3. The third kappa shape index (κ3) is 5.88. The molecule has 0 fully saturated rings. The van der Waals surface area contributed by atoms with Crippen molar-refractivity contribution in [1.29, 1.82) is 0 Å². The van der Waals surface area contributed by atoms with Gasteiger partial charge in [0.1, 0.15) is 5.60 Å². The summed E-state index contributed by atoms with van der Waals surface area (Å²) in [6.45, 7) is 7.10. The average molecular weight is 303 g/mol. The molecule has 22 heavy (non-hydrogen) atoms. The van der Waals surface area contributed by atoms with Crippen LogP contribution in [0.2, 0.25) is 0 Å². The summed E-state index contributed by atoms with van der Waals surface area (Å²) in [5.41, 5.74) is 0.378. The molecule has 0 aliphatic heterocycles. The van der Waals surface area contributed by atoms with E-state index in [9.17, 15) is 9.59 Å². The van der Waals surface area contributed by atoms with Crippen LogP contribution in [0.15, 0.2) is 24.3 Å². The van der Waals surface area contributed by atoms with Crippen LogP contribution in [0.3, 0.4) is 0 Å². The number of methoxy groups -OCH3 is 1. The maximum absolute atomic E-state index is 11.6. The molecular weight excluding hydrogens is 282 g/mol. The van der Waals surface area contributed by atoms with Gasteiger partial charge in [-0.2, -0.15) is 0 Å². The minimum Gasteiger partial charge on any atom is -0.465 e. The summed E-state index contributed by atoms with van der Waals surface area (Å²) in [5, 5.41) is 2.62. The molecule has 0 aromatic heterocycles. The fraction of sp³-hybridized carbons (Fsp3) is 0.412. The van der Waals surface area contributed by atoms with Gasteiger partial charge in [-0.3, -0.25) is 0 Å². The molecule has 1 atom stereocenters. The van der Waals surface area contributed by atoms with E-state index in [4.69, 9.17) is 9.47 Å². The molecule has 0 saturated heterocycles. The van der Waals surface area contributed by atoms with Crippen molar-refractivity contribution in [3.63, 3.8) is 0 Å². The first-order valence-electron chi connectivity index (χ1n) is 6.91. The van der Waals surface area contributed by atoms with Gasteiger partial charge in [0.15, 0.2) is 0 Å². The van der Waals surface area contributed by atoms with Crippen LogP contribution >= 0.6 is 0 Å². The Morgan fingerprint density at radius 3 is 2.45 bits per heavy atom. The van der Waals surface area contributed by atoms with Gasteiger partial charge in [-0.05, 0) is 39.8 Å². The van der Waals surface area contributed by atoms with Crippen molar-refractivity contribution in [2.24, 2.45) is 0 Å². The third-order valence-electron chi connectivity index (χ3n) is 2.49. The molecule has 1 unspecified atom stereocenters. The topological polar surface area (TPSA) is 64.6 Å². The number of rotatable bonds is 2.